The topological polar surface area (TPSA) is 42.8 Å². The van der Waals surface area contributed by atoms with Gasteiger partial charge in [0.1, 0.15) is 22.9 Å². The number of para-hydroxylation sites is 4. The predicted molar refractivity (Wildman–Crippen MR) is 98.0 cm³/mol. The van der Waals surface area contributed by atoms with E-state index >= 15 is 0 Å². The lowest BCUT2D eigenvalue weighted by Crippen LogP contribution is -2.31. The summed E-state index contributed by atoms with van der Waals surface area (Å²) in [7, 11) is 1.65. The summed E-state index contributed by atoms with van der Waals surface area (Å²) in [5.74, 6) is 1.58. The van der Waals surface area contributed by atoms with Crippen molar-refractivity contribution in [3.05, 3.63) is 70.9 Å². The lowest BCUT2D eigenvalue weighted by molar-refractivity contribution is 0.320. The third-order valence-electron chi connectivity index (χ3n) is 3.81. The van der Waals surface area contributed by atoms with Crippen molar-refractivity contribution in [1.82, 2.24) is 0 Å². The highest BCUT2D eigenvalue weighted by atomic mass is 32.1. The van der Waals surface area contributed by atoms with Crippen molar-refractivity contribution in [2.75, 3.05) is 12.4 Å². The van der Waals surface area contributed by atoms with Crippen molar-refractivity contribution in [2.24, 2.45) is 4.99 Å². The number of nitrogens with one attached hydrogen (secondary N) is 1. The zero-order valence-corrected chi connectivity index (χ0v) is 13.9. The number of thiophene rings is 1. The number of rotatable bonds is 4. The van der Waals surface area contributed by atoms with Crippen LogP contribution in [0.15, 0.2) is 70.3 Å². The first kappa shape index (κ1) is 14.8. The summed E-state index contributed by atoms with van der Waals surface area (Å²) in [5, 5.41) is 7.50. The van der Waals surface area contributed by atoms with Gasteiger partial charge in [-0.25, -0.2) is 4.99 Å². The van der Waals surface area contributed by atoms with Gasteiger partial charge in [-0.3, -0.25) is 0 Å². The first-order chi connectivity index (χ1) is 11.8. The van der Waals surface area contributed by atoms with Crippen LogP contribution in [0.4, 0.5) is 11.4 Å². The molecule has 0 bridgehead atoms. The summed E-state index contributed by atoms with van der Waals surface area (Å²) < 4.78 is 11.5. The zero-order valence-electron chi connectivity index (χ0n) is 13.1. The second-order valence-electron chi connectivity index (χ2n) is 5.32. The van der Waals surface area contributed by atoms with Gasteiger partial charge in [-0.15, -0.1) is 0 Å². The Balaban J connectivity index is 1.75. The number of fused-ring (bicyclic) bond motifs is 1. The van der Waals surface area contributed by atoms with E-state index in [0.717, 1.165) is 34.1 Å². The zero-order chi connectivity index (χ0) is 16.4. The Kier molecular flexibility index (Phi) is 3.92. The van der Waals surface area contributed by atoms with Gasteiger partial charge in [0.25, 0.3) is 0 Å². The molecule has 2 heterocycles. The molecule has 0 radical (unpaired) electrons. The van der Waals surface area contributed by atoms with E-state index in [2.05, 4.69) is 10.7 Å². The molecular weight excluding hydrogens is 320 g/mol. The molecule has 0 aliphatic carbocycles. The van der Waals surface area contributed by atoms with Gasteiger partial charge in [0.15, 0.2) is 0 Å². The Morgan fingerprint density at radius 1 is 1.12 bits per heavy atom. The van der Waals surface area contributed by atoms with E-state index in [1.54, 1.807) is 18.4 Å². The van der Waals surface area contributed by atoms with Crippen LogP contribution in [0.25, 0.3) is 0 Å². The Hall–Kier alpha value is -2.79. The molecule has 1 atom stereocenters. The van der Waals surface area contributed by atoms with E-state index in [4.69, 9.17) is 14.5 Å². The molecule has 1 aliphatic heterocycles. The number of ether oxygens (including phenoxy) is 2. The van der Waals surface area contributed by atoms with Gasteiger partial charge in [-0.05, 0) is 41.1 Å². The molecule has 1 aliphatic rings. The van der Waals surface area contributed by atoms with Crippen molar-refractivity contribution < 1.29 is 9.47 Å². The fourth-order valence-corrected chi connectivity index (χ4v) is 3.30. The van der Waals surface area contributed by atoms with Gasteiger partial charge in [-0.1, -0.05) is 24.3 Å². The minimum absolute atomic E-state index is 0.332. The predicted octanol–water partition coefficient (Wildman–Crippen LogP) is 4.71. The smallest absolute Gasteiger partial charge is 0.214 e. The van der Waals surface area contributed by atoms with Gasteiger partial charge in [0, 0.05) is 5.56 Å². The molecule has 0 fully saturated rings. The minimum atomic E-state index is -0.332. The average molecular weight is 336 g/mol. The maximum atomic E-state index is 6.06. The molecule has 120 valence electrons. The Bertz CT molecular complexity index is 850. The third kappa shape index (κ3) is 2.74. The summed E-state index contributed by atoms with van der Waals surface area (Å²) in [6, 6.07) is 17.7. The number of aliphatic imine (C=N–C) groups is 1. The molecule has 0 saturated carbocycles. The van der Waals surface area contributed by atoms with E-state index in [-0.39, 0.29) is 6.23 Å². The maximum absolute atomic E-state index is 6.06. The second-order valence-corrected chi connectivity index (χ2v) is 6.10. The highest BCUT2D eigenvalue weighted by molar-refractivity contribution is 7.08. The number of methoxy groups -OCH3 is 1. The Morgan fingerprint density at radius 2 is 1.96 bits per heavy atom. The first-order valence-corrected chi connectivity index (χ1v) is 8.56. The third-order valence-corrected chi connectivity index (χ3v) is 4.49. The highest BCUT2D eigenvalue weighted by Gasteiger charge is 2.27. The van der Waals surface area contributed by atoms with Crippen molar-refractivity contribution in [2.45, 2.75) is 6.23 Å². The second kappa shape index (κ2) is 6.37. The summed E-state index contributed by atoms with van der Waals surface area (Å²) in [5.41, 5.74) is 3.63. The molecule has 4 nitrogen and oxygen atoms in total. The van der Waals surface area contributed by atoms with Crippen LogP contribution in [0, 0.1) is 0 Å². The standard InChI is InChI=1S/C19H16N2O2S/c1-22-16-8-4-2-6-14(16)20-18(13-10-11-24-12-13)19-21-15-7-3-5-9-17(15)23-19/h2-12,19,21H,1H3. The molecular formula is C19H16N2O2S. The van der Waals surface area contributed by atoms with Gasteiger partial charge in [0.2, 0.25) is 6.23 Å². The van der Waals surface area contributed by atoms with Crippen molar-refractivity contribution in [1.29, 1.82) is 0 Å². The number of hydrogen-bond acceptors (Lipinski definition) is 5. The molecule has 0 saturated heterocycles. The SMILES string of the molecule is COc1ccccc1N=C(c1ccsc1)C1Nc2ccccc2O1. The quantitative estimate of drug-likeness (QED) is 0.702. The van der Waals surface area contributed by atoms with Crippen LogP contribution in [0.1, 0.15) is 5.56 Å². The summed E-state index contributed by atoms with van der Waals surface area (Å²) in [6.45, 7) is 0. The molecule has 4 rings (SSSR count). The first-order valence-electron chi connectivity index (χ1n) is 7.61. The Morgan fingerprint density at radius 3 is 2.75 bits per heavy atom. The summed E-state index contributed by atoms with van der Waals surface area (Å²) >= 11 is 1.64. The number of nitrogens with zero attached hydrogens (tertiary/aromatic N) is 1. The maximum Gasteiger partial charge on any atom is 0.214 e. The van der Waals surface area contributed by atoms with Crippen molar-refractivity contribution in [3.63, 3.8) is 0 Å². The van der Waals surface area contributed by atoms with Gasteiger partial charge < -0.3 is 14.8 Å². The molecule has 2 aromatic carbocycles. The largest absolute Gasteiger partial charge is 0.494 e. The van der Waals surface area contributed by atoms with Crippen LogP contribution < -0.4 is 14.8 Å². The molecule has 1 aromatic heterocycles. The highest BCUT2D eigenvalue weighted by Crippen LogP contribution is 2.34. The molecule has 5 heteroatoms. The van der Waals surface area contributed by atoms with Gasteiger partial charge in [0.05, 0.1) is 12.8 Å². The molecule has 0 amide bonds. The van der Waals surface area contributed by atoms with E-state index in [9.17, 15) is 0 Å². The van der Waals surface area contributed by atoms with E-state index in [1.165, 1.54) is 0 Å². The molecule has 24 heavy (non-hydrogen) atoms. The van der Waals surface area contributed by atoms with Crippen LogP contribution >= 0.6 is 11.3 Å². The van der Waals surface area contributed by atoms with E-state index in [1.807, 2.05) is 60.0 Å². The van der Waals surface area contributed by atoms with Crippen LogP contribution in [-0.4, -0.2) is 19.0 Å². The molecule has 0 spiro atoms. The Labute approximate surface area is 144 Å². The fourth-order valence-electron chi connectivity index (χ4n) is 2.65. The van der Waals surface area contributed by atoms with Crippen LogP contribution in [0.3, 0.4) is 0 Å². The molecule has 1 N–H and O–H groups in total. The lowest BCUT2D eigenvalue weighted by atomic mass is 10.1. The van der Waals surface area contributed by atoms with Gasteiger partial charge in [-0.2, -0.15) is 11.3 Å². The van der Waals surface area contributed by atoms with Crippen LogP contribution in [0.5, 0.6) is 11.5 Å². The monoisotopic (exact) mass is 336 g/mol. The minimum Gasteiger partial charge on any atom is -0.494 e. The van der Waals surface area contributed by atoms with E-state index < -0.39 is 0 Å². The van der Waals surface area contributed by atoms with E-state index in [0.29, 0.717) is 0 Å². The fraction of sp³-hybridized carbons (Fsp3) is 0.105. The molecule has 3 aromatic rings. The number of anilines is 1. The average Bonchev–Trinajstić information content (AvgIpc) is 3.29. The number of hydrogen-bond donors (Lipinski definition) is 1. The van der Waals surface area contributed by atoms with Crippen LogP contribution in [-0.2, 0) is 0 Å². The lowest BCUT2D eigenvalue weighted by Gasteiger charge is -2.15. The summed E-state index contributed by atoms with van der Waals surface area (Å²) in [4.78, 5) is 4.85. The van der Waals surface area contributed by atoms with Crippen molar-refractivity contribution in [3.8, 4) is 11.5 Å². The normalized spacial score (nSPS) is 16.2. The van der Waals surface area contributed by atoms with Crippen molar-refractivity contribution >= 4 is 28.4 Å². The summed E-state index contributed by atoms with van der Waals surface area (Å²) in [6.07, 6.45) is -0.332. The molecule has 1 unspecified atom stereocenters. The van der Waals surface area contributed by atoms with Crippen LogP contribution in [0.2, 0.25) is 0 Å². The van der Waals surface area contributed by atoms with Gasteiger partial charge >= 0.3 is 0 Å². The number of benzene rings is 2.